The van der Waals surface area contributed by atoms with Crippen molar-refractivity contribution in [2.24, 2.45) is 0 Å². The van der Waals surface area contributed by atoms with Crippen LogP contribution in [-0.4, -0.2) is 26.1 Å². The molecule has 3 heterocycles. The highest BCUT2D eigenvalue weighted by Crippen LogP contribution is 2.28. The molecule has 4 aromatic rings. The van der Waals surface area contributed by atoms with Crippen LogP contribution < -0.4 is 16.4 Å². The Balaban J connectivity index is 1.55. The number of carbonyl (C=O) groups is 1. The number of nitrogens with zero attached hydrogens (tertiary/aromatic N) is 3. The van der Waals surface area contributed by atoms with Gasteiger partial charge in [0.25, 0.3) is 5.91 Å². The topological polar surface area (TPSA) is 122 Å². The van der Waals surface area contributed by atoms with Crippen LogP contribution in [0.2, 0.25) is 0 Å². The Hall–Kier alpha value is -3.46. The van der Waals surface area contributed by atoms with Crippen LogP contribution in [0.5, 0.6) is 0 Å². The highest BCUT2D eigenvalue weighted by Gasteiger charge is 2.15. The quantitative estimate of drug-likeness (QED) is 0.440. The number of anilines is 4. The van der Waals surface area contributed by atoms with Crippen LogP contribution in [0.15, 0.2) is 42.7 Å². The molecule has 0 saturated heterocycles. The summed E-state index contributed by atoms with van der Waals surface area (Å²) in [5.41, 5.74) is 8.22. The van der Waals surface area contributed by atoms with Crippen molar-refractivity contribution < 1.29 is 4.79 Å². The van der Waals surface area contributed by atoms with Crippen molar-refractivity contribution in [2.45, 2.75) is 6.92 Å². The van der Waals surface area contributed by atoms with Gasteiger partial charge in [-0.3, -0.25) is 9.89 Å². The molecular weight excluding hydrogens is 350 g/mol. The average molecular weight is 365 g/mol. The number of rotatable bonds is 4. The van der Waals surface area contributed by atoms with E-state index in [0.717, 1.165) is 22.2 Å². The Labute approximate surface area is 152 Å². The van der Waals surface area contributed by atoms with Crippen LogP contribution in [-0.2, 0) is 0 Å². The van der Waals surface area contributed by atoms with Gasteiger partial charge in [-0.05, 0) is 30.7 Å². The molecule has 0 fully saturated rings. The number of nitrogen functional groups attached to an aromatic ring is 1. The summed E-state index contributed by atoms with van der Waals surface area (Å²) in [6.07, 6.45) is 3.22. The minimum Gasteiger partial charge on any atom is -0.384 e. The fourth-order valence-electron chi connectivity index (χ4n) is 2.54. The second-order valence-corrected chi connectivity index (χ2v) is 6.68. The van der Waals surface area contributed by atoms with E-state index >= 15 is 0 Å². The molecule has 130 valence electrons. The Bertz CT molecular complexity index is 1100. The van der Waals surface area contributed by atoms with Gasteiger partial charge in [0.1, 0.15) is 16.5 Å². The third-order valence-electron chi connectivity index (χ3n) is 3.81. The number of nitrogens with one attached hydrogen (secondary N) is 3. The van der Waals surface area contributed by atoms with Gasteiger partial charge in [0.15, 0.2) is 5.13 Å². The monoisotopic (exact) mass is 365 g/mol. The van der Waals surface area contributed by atoms with E-state index < -0.39 is 0 Å². The first kappa shape index (κ1) is 16.0. The van der Waals surface area contributed by atoms with E-state index in [0.29, 0.717) is 21.6 Å². The zero-order valence-electron chi connectivity index (χ0n) is 13.8. The first-order valence-electron chi connectivity index (χ1n) is 7.79. The van der Waals surface area contributed by atoms with E-state index in [1.165, 1.54) is 17.5 Å². The third kappa shape index (κ3) is 3.07. The molecule has 0 bridgehead atoms. The highest BCUT2D eigenvalue weighted by atomic mass is 32.1. The molecule has 0 radical (unpaired) electrons. The van der Waals surface area contributed by atoms with Crippen molar-refractivity contribution in [1.82, 2.24) is 20.2 Å². The Morgan fingerprint density at radius 1 is 1.23 bits per heavy atom. The van der Waals surface area contributed by atoms with E-state index in [2.05, 4.69) is 30.8 Å². The highest BCUT2D eigenvalue weighted by molar-refractivity contribution is 7.17. The van der Waals surface area contributed by atoms with Gasteiger partial charge >= 0.3 is 0 Å². The van der Waals surface area contributed by atoms with Gasteiger partial charge < -0.3 is 16.4 Å². The summed E-state index contributed by atoms with van der Waals surface area (Å²) in [5, 5.41) is 14.3. The Kier molecular flexibility index (Phi) is 3.98. The number of aryl methyl sites for hydroxylation is 1. The number of fused-ring (bicyclic) bond motifs is 1. The largest absolute Gasteiger partial charge is 0.384 e. The standard InChI is InChI=1S/C17H15N7OS/c1-9-5-6-11-10(7-20-24-11)15(9)23-16(25)12-8-19-17(26-12)22-14-4-2-3-13(18)21-14/h2-8H,1H3,(H,20,24)(H,23,25)(H3,18,19,21,22). The molecule has 4 rings (SSSR count). The number of nitrogens with two attached hydrogens (primary N) is 1. The molecule has 1 amide bonds. The second kappa shape index (κ2) is 6.45. The van der Waals surface area contributed by atoms with Crippen LogP contribution in [0.4, 0.5) is 22.5 Å². The lowest BCUT2D eigenvalue weighted by Crippen LogP contribution is -2.11. The lowest BCUT2D eigenvalue weighted by Gasteiger charge is -2.08. The summed E-state index contributed by atoms with van der Waals surface area (Å²) in [5.74, 6) is 0.756. The summed E-state index contributed by atoms with van der Waals surface area (Å²) in [4.78, 5) is 21.5. The van der Waals surface area contributed by atoms with Gasteiger partial charge in [-0.1, -0.05) is 23.5 Å². The Morgan fingerprint density at radius 3 is 2.96 bits per heavy atom. The lowest BCUT2D eigenvalue weighted by atomic mass is 10.1. The minimum atomic E-state index is -0.229. The third-order valence-corrected chi connectivity index (χ3v) is 4.72. The molecule has 0 spiro atoms. The molecule has 1 aromatic carbocycles. The second-order valence-electron chi connectivity index (χ2n) is 5.65. The fourth-order valence-corrected chi connectivity index (χ4v) is 3.25. The fraction of sp³-hybridized carbons (Fsp3) is 0.0588. The van der Waals surface area contributed by atoms with E-state index in [4.69, 9.17) is 5.73 Å². The molecular formula is C17H15N7OS. The first-order valence-corrected chi connectivity index (χ1v) is 8.61. The van der Waals surface area contributed by atoms with Crippen molar-refractivity contribution in [3.05, 3.63) is 53.2 Å². The molecule has 0 saturated carbocycles. The van der Waals surface area contributed by atoms with Gasteiger partial charge in [0.05, 0.1) is 23.6 Å². The predicted octanol–water partition coefficient (Wildman–Crippen LogP) is 3.30. The molecule has 0 aliphatic heterocycles. The molecule has 5 N–H and O–H groups in total. The normalized spacial score (nSPS) is 10.8. The predicted molar refractivity (Wildman–Crippen MR) is 103 cm³/mol. The van der Waals surface area contributed by atoms with Crippen LogP contribution >= 0.6 is 11.3 Å². The number of aromatic nitrogens is 4. The van der Waals surface area contributed by atoms with Crippen LogP contribution in [0.25, 0.3) is 10.9 Å². The summed E-state index contributed by atoms with van der Waals surface area (Å²) < 4.78 is 0. The zero-order chi connectivity index (χ0) is 18.1. The van der Waals surface area contributed by atoms with Gasteiger partial charge in [0.2, 0.25) is 0 Å². The molecule has 0 aliphatic rings. The number of hydrogen-bond acceptors (Lipinski definition) is 7. The smallest absolute Gasteiger partial charge is 0.267 e. The van der Waals surface area contributed by atoms with Gasteiger partial charge in [-0.15, -0.1) is 0 Å². The number of pyridine rings is 1. The van der Waals surface area contributed by atoms with E-state index in [-0.39, 0.29) is 5.91 Å². The van der Waals surface area contributed by atoms with Crippen molar-refractivity contribution in [3.8, 4) is 0 Å². The van der Waals surface area contributed by atoms with Crippen molar-refractivity contribution in [3.63, 3.8) is 0 Å². The average Bonchev–Trinajstić information content (AvgIpc) is 3.27. The summed E-state index contributed by atoms with van der Waals surface area (Å²) in [6.45, 7) is 1.94. The number of amides is 1. The number of benzene rings is 1. The van der Waals surface area contributed by atoms with Crippen molar-refractivity contribution >= 4 is 50.6 Å². The molecule has 0 unspecified atom stereocenters. The number of carbonyl (C=O) groups excluding carboxylic acids is 1. The van der Waals surface area contributed by atoms with Gasteiger partial charge in [0, 0.05) is 5.39 Å². The van der Waals surface area contributed by atoms with E-state index in [1.807, 2.05) is 19.1 Å². The SMILES string of the molecule is Cc1ccc2[nH]ncc2c1NC(=O)c1cnc(Nc2cccc(N)n2)s1. The lowest BCUT2D eigenvalue weighted by molar-refractivity contribution is 0.103. The van der Waals surface area contributed by atoms with Crippen molar-refractivity contribution in [1.29, 1.82) is 0 Å². The first-order chi connectivity index (χ1) is 12.6. The van der Waals surface area contributed by atoms with Gasteiger partial charge in [-0.2, -0.15) is 5.10 Å². The van der Waals surface area contributed by atoms with E-state index in [1.54, 1.807) is 24.4 Å². The Morgan fingerprint density at radius 2 is 2.12 bits per heavy atom. The number of aromatic amines is 1. The number of hydrogen-bond donors (Lipinski definition) is 4. The summed E-state index contributed by atoms with van der Waals surface area (Å²) in [7, 11) is 0. The minimum absolute atomic E-state index is 0.229. The maximum Gasteiger partial charge on any atom is 0.267 e. The molecule has 3 aromatic heterocycles. The summed E-state index contributed by atoms with van der Waals surface area (Å²) in [6, 6.07) is 9.13. The van der Waals surface area contributed by atoms with Crippen molar-refractivity contribution in [2.75, 3.05) is 16.4 Å². The van der Waals surface area contributed by atoms with Crippen LogP contribution in [0.3, 0.4) is 0 Å². The molecule has 26 heavy (non-hydrogen) atoms. The number of H-pyrrole nitrogens is 1. The van der Waals surface area contributed by atoms with Crippen LogP contribution in [0, 0.1) is 6.92 Å². The number of thiazole rings is 1. The summed E-state index contributed by atoms with van der Waals surface area (Å²) >= 11 is 1.24. The maximum atomic E-state index is 12.6. The van der Waals surface area contributed by atoms with Gasteiger partial charge in [-0.25, -0.2) is 9.97 Å². The molecule has 8 nitrogen and oxygen atoms in total. The molecule has 0 atom stereocenters. The molecule has 9 heteroatoms. The zero-order valence-corrected chi connectivity index (χ0v) is 14.6. The maximum absolute atomic E-state index is 12.6. The molecule has 0 aliphatic carbocycles. The van der Waals surface area contributed by atoms with E-state index in [9.17, 15) is 4.79 Å². The van der Waals surface area contributed by atoms with Crippen LogP contribution in [0.1, 0.15) is 15.2 Å².